The first kappa shape index (κ1) is 27.1. The molecule has 0 fully saturated rings. The molecule has 7 nitrogen and oxygen atoms in total. The van der Waals surface area contributed by atoms with Crippen LogP contribution in [-0.2, 0) is 27.9 Å². The average Bonchev–Trinajstić information content (AvgIpc) is 3.36. The van der Waals surface area contributed by atoms with Crippen molar-refractivity contribution >= 4 is 43.6 Å². The Labute approximate surface area is 230 Å². The van der Waals surface area contributed by atoms with E-state index in [0.29, 0.717) is 11.4 Å². The van der Waals surface area contributed by atoms with E-state index in [9.17, 15) is 18.5 Å². The monoisotopic (exact) mass is 589 g/mol. The number of carbonyl (C=O) groups is 1. The van der Waals surface area contributed by atoms with Crippen LogP contribution in [0.2, 0.25) is 0 Å². The number of anilines is 1. The summed E-state index contributed by atoms with van der Waals surface area (Å²) in [6, 6.07) is 28.1. The van der Waals surface area contributed by atoms with Crippen molar-refractivity contribution in [2.75, 3.05) is 5.32 Å². The van der Waals surface area contributed by atoms with E-state index in [2.05, 4.69) is 21.2 Å². The summed E-state index contributed by atoms with van der Waals surface area (Å²) < 4.78 is 35.1. The minimum absolute atomic E-state index is 0.0358. The molecule has 192 valence electrons. The Kier molecular flexibility index (Phi) is 8.59. The number of carbonyl (C=O) groups excluding carboxylic acids is 1. The molecule has 0 aliphatic heterocycles. The van der Waals surface area contributed by atoms with E-state index < -0.39 is 15.9 Å². The van der Waals surface area contributed by atoms with Gasteiger partial charge in [-0.3, -0.25) is 4.79 Å². The van der Waals surface area contributed by atoms with E-state index in [1.807, 2.05) is 43.3 Å². The normalized spacial score (nSPS) is 11.8. The van der Waals surface area contributed by atoms with Crippen LogP contribution in [0.1, 0.15) is 22.6 Å². The van der Waals surface area contributed by atoms with Gasteiger partial charge in [-0.15, -0.1) is 0 Å². The van der Waals surface area contributed by atoms with E-state index in [1.165, 1.54) is 10.4 Å². The Morgan fingerprint density at radius 3 is 2.32 bits per heavy atom. The van der Waals surface area contributed by atoms with E-state index in [-0.39, 0.29) is 29.3 Å². The number of aryl methyl sites for hydroxylation is 1. The molecule has 0 aliphatic rings. The van der Waals surface area contributed by atoms with Crippen molar-refractivity contribution in [2.45, 2.75) is 24.9 Å². The standard InChI is InChI=1S/C29H24BrN3O4S/c1-21-7-15-28(16-8-21)38(35,36)33(19-22-5-3-2-4-6-22)20-27-14-13-26(37-27)17-23(18-31)29(34)32-25-11-9-24(30)10-12-25/h2-17H,19-20H2,1H3,(H,32,34)/b23-17-. The van der Waals surface area contributed by atoms with Gasteiger partial charge in [-0.1, -0.05) is 64.0 Å². The molecule has 1 amide bonds. The van der Waals surface area contributed by atoms with Gasteiger partial charge in [0.25, 0.3) is 5.91 Å². The molecule has 0 atom stereocenters. The predicted octanol–water partition coefficient (Wildman–Crippen LogP) is 6.29. The molecule has 1 heterocycles. The molecule has 0 saturated heterocycles. The fourth-order valence-electron chi connectivity index (χ4n) is 3.63. The second-order valence-electron chi connectivity index (χ2n) is 8.51. The smallest absolute Gasteiger partial charge is 0.266 e. The molecule has 0 saturated carbocycles. The summed E-state index contributed by atoms with van der Waals surface area (Å²) in [6.07, 6.45) is 1.33. The zero-order chi connectivity index (χ0) is 27.1. The Bertz CT molecular complexity index is 1590. The van der Waals surface area contributed by atoms with Crippen LogP contribution in [0.5, 0.6) is 0 Å². The van der Waals surface area contributed by atoms with Gasteiger partial charge in [0.1, 0.15) is 23.2 Å². The fraction of sp³-hybridized carbons (Fsp3) is 0.103. The summed E-state index contributed by atoms with van der Waals surface area (Å²) in [5, 5.41) is 12.2. The molecular formula is C29H24BrN3O4S. The third-order valence-electron chi connectivity index (χ3n) is 5.63. The van der Waals surface area contributed by atoms with Gasteiger partial charge in [0.15, 0.2) is 0 Å². The molecule has 0 unspecified atom stereocenters. The summed E-state index contributed by atoms with van der Waals surface area (Å²) in [5.74, 6) is 0.0452. The predicted molar refractivity (Wildman–Crippen MR) is 149 cm³/mol. The molecule has 4 aromatic rings. The lowest BCUT2D eigenvalue weighted by Gasteiger charge is -2.21. The second kappa shape index (κ2) is 12.0. The third-order valence-corrected chi connectivity index (χ3v) is 7.96. The van der Waals surface area contributed by atoms with Crippen molar-refractivity contribution in [3.63, 3.8) is 0 Å². The molecule has 9 heteroatoms. The third kappa shape index (κ3) is 6.86. The number of benzene rings is 3. The maximum absolute atomic E-state index is 13.5. The number of nitrogens with zero attached hydrogens (tertiary/aromatic N) is 2. The molecule has 1 aromatic heterocycles. The second-order valence-corrected chi connectivity index (χ2v) is 11.4. The number of sulfonamides is 1. The Morgan fingerprint density at radius 2 is 1.66 bits per heavy atom. The van der Waals surface area contributed by atoms with E-state index in [4.69, 9.17) is 4.42 Å². The van der Waals surface area contributed by atoms with Gasteiger partial charge in [-0.25, -0.2) is 8.42 Å². The number of nitrogens with one attached hydrogen (secondary N) is 1. The lowest BCUT2D eigenvalue weighted by molar-refractivity contribution is -0.112. The zero-order valence-corrected chi connectivity index (χ0v) is 22.9. The maximum atomic E-state index is 13.5. The average molecular weight is 590 g/mol. The molecule has 1 N–H and O–H groups in total. The van der Waals surface area contributed by atoms with Crippen LogP contribution in [0.25, 0.3) is 6.08 Å². The molecule has 0 aliphatic carbocycles. The molecule has 3 aromatic carbocycles. The van der Waals surface area contributed by atoms with Crippen LogP contribution in [0, 0.1) is 18.3 Å². The SMILES string of the molecule is Cc1ccc(S(=O)(=O)N(Cc2ccccc2)Cc2ccc(/C=C(/C#N)C(=O)Nc3ccc(Br)cc3)o2)cc1. The van der Waals surface area contributed by atoms with E-state index >= 15 is 0 Å². The van der Waals surface area contributed by atoms with Gasteiger partial charge in [0.05, 0.1) is 11.4 Å². The van der Waals surface area contributed by atoms with Gasteiger partial charge in [-0.05, 0) is 61.0 Å². The van der Waals surface area contributed by atoms with Crippen molar-refractivity contribution in [2.24, 2.45) is 0 Å². The number of hydrogen-bond donors (Lipinski definition) is 1. The van der Waals surface area contributed by atoms with Crippen molar-refractivity contribution in [1.29, 1.82) is 5.26 Å². The van der Waals surface area contributed by atoms with Gasteiger partial charge >= 0.3 is 0 Å². The molecule has 0 bridgehead atoms. The van der Waals surface area contributed by atoms with Crippen LogP contribution < -0.4 is 5.32 Å². The lowest BCUT2D eigenvalue weighted by atomic mass is 10.2. The molecule has 4 rings (SSSR count). The minimum Gasteiger partial charge on any atom is -0.460 e. The van der Waals surface area contributed by atoms with Crippen LogP contribution >= 0.6 is 15.9 Å². The Morgan fingerprint density at radius 1 is 0.974 bits per heavy atom. The minimum atomic E-state index is -3.85. The van der Waals surface area contributed by atoms with Crippen molar-refractivity contribution in [1.82, 2.24) is 4.31 Å². The van der Waals surface area contributed by atoms with Crippen LogP contribution in [-0.4, -0.2) is 18.6 Å². The van der Waals surface area contributed by atoms with Gasteiger partial charge in [0, 0.05) is 22.8 Å². The highest BCUT2D eigenvalue weighted by atomic mass is 79.9. The fourth-order valence-corrected chi connectivity index (χ4v) is 5.28. The topological polar surface area (TPSA) is 103 Å². The lowest BCUT2D eigenvalue weighted by Crippen LogP contribution is -2.30. The van der Waals surface area contributed by atoms with Crippen molar-refractivity contribution < 1.29 is 17.6 Å². The van der Waals surface area contributed by atoms with Crippen LogP contribution in [0.4, 0.5) is 5.69 Å². The maximum Gasteiger partial charge on any atom is 0.266 e. The molecule has 0 radical (unpaired) electrons. The van der Waals surface area contributed by atoms with E-state index in [0.717, 1.165) is 15.6 Å². The quantitative estimate of drug-likeness (QED) is 0.182. The summed E-state index contributed by atoms with van der Waals surface area (Å²) in [7, 11) is -3.85. The molecular weight excluding hydrogens is 566 g/mol. The number of amides is 1. The highest BCUT2D eigenvalue weighted by Crippen LogP contribution is 2.23. The summed E-state index contributed by atoms with van der Waals surface area (Å²) in [6.45, 7) is 2.00. The summed E-state index contributed by atoms with van der Waals surface area (Å²) in [5.41, 5.74) is 2.17. The van der Waals surface area contributed by atoms with Gasteiger partial charge in [0.2, 0.25) is 10.0 Å². The Balaban J connectivity index is 1.56. The first-order valence-electron chi connectivity index (χ1n) is 11.6. The number of furan rings is 1. The van der Waals surface area contributed by atoms with Crippen molar-refractivity contribution in [3.05, 3.63) is 124 Å². The van der Waals surface area contributed by atoms with Crippen molar-refractivity contribution in [3.8, 4) is 6.07 Å². The molecule has 0 spiro atoms. The zero-order valence-electron chi connectivity index (χ0n) is 20.5. The van der Waals surface area contributed by atoms with E-state index in [1.54, 1.807) is 60.7 Å². The summed E-state index contributed by atoms with van der Waals surface area (Å²) >= 11 is 3.33. The van der Waals surface area contributed by atoms with Gasteiger partial charge in [-0.2, -0.15) is 9.57 Å². The largest absolute Gasteiger partial charge is 0.460 e. The number of halogens is 1. The first-order valence-corrected chi connectivity index (χ1v) is 13.9. The first-order chi connectivity index (χ1) is 18.2. The highest BCUT2D eigenvalue weighted by Gasteiger charge is 2.26. The number of rotatable bonds is 9. The number of hydrogen-bond acceptors (Lipinski definition) is 5. The van der Waals surface area contributed by atoms with Crippen LogP contribution in [0.15, 0.2) is 110 Å². The molecule has 38 heavy (non-hydrogen) atoms. The highest BCUT2D eigenvalue weighted by molar-refractivity contribution is 9.10. The van der Waals surface area contributed by atoms with Gasteiger partial charge < -0.3 is 9.73 Å². The summed E-state index contributed by atoms with van der Waals surface area (Å²) in [4.78, 5) is 12.8. The van der Waals surface area contributed by atoms with Crippen LogP contribution in [0.3, 0.4) is 0 Å². The number of nitriles is 1. The Hall–Kier alpha value is -3.97.